The quantitative estimate of drug-likeness (QED) is 0.706. The van der Waals surface area contributed by atoms with Crippen molar-refractivity contribution < 1.29 is 4.79 Å². The molecule has 0 bridgehead atoms. The zero-order chi connectivity index (χ0) is 14.9. The highest BCUT2D eigenvalue weighted by atomic mass is 16.1. The number of nitrogens with one attached hydrogen (secondary N) is 2. The van der Waals surface area contributed by atoms with Crippen LogP contribution in [-0.4, -0.2) is 19.0 Å². The maximum absolute atomic E-state index is 12.1. The van der Waals surface area contributed by atoms with Crippen LogP contribution in [0.1, 0.15) is 67.8 Å². The number of hydrogen-bond donors (Lipinski definition) is 2. The summed E-state index contributed by atoms with van der Waals surface area (Å²) in [7, 11) is 0. The number of hydrogen-bond acceptors (Lipinski definition) is 2. The largest absolute Gasteiger partial charge is 0.385 e. The molecule has 116 valence electrons. The number of unbranched alkanes of at least 4 members (excludes halogenated alkanes) is 5. The van der Waals surface area contributed by atoms with Gasteiger partial charge in [-0.25, -0.2) is 0 Å². The lowest BCUT2D eigenvalue weighted by Crippen LogP contribution is -2.25. The van der Waals surface area contributed by atoms with Crippen LogP contribution < -0.4 is 10.6 Å². The Morgan fingerprint density at radius 2 is 2.00 bits per heavy atom. The molecule has 3 heteroatoms. The molecular formula is C18H28N2O. The Bertz CT molecular complexity index is 457. The summed E-state index contributed by atoms with van der Waals surface area (Å²) in [6, 6.07) is 6.00. The first-order valence-electron chi connectivity index (χ1n) is 8.46. The van der Waals surface area contributed by atoms with Crippen LogP contribution in [0, 0.1) is 0 Å². The van der Waals surface area contributed by atoms with E-state index in [1.807, 2.05) is 18.2 Å². The molecule has 1 aromatic carbocycles. The van der Waals surface area contributed by atoms with Gasteiger partial charge in [-0.2, -0.15) is 0 Å². The number of rotatable bonds is 8. The minimum absolute atomic E-state index is 0.0666. The number of anilines is 1. The van der Waals surface area contributed by atoms with E-state index in [0.29, 0.717) is 0 Å². The van der Waals surface area contributed by atoms with Crippen LogP contribution in [0.2, 0.25) is 0 Å². The normalized spacial score (nSPS) is 13.4. The molecule has 21 heavy (non-hydrogen) atoms. The van der Waals surface area contributed by atoms with Gasteiger partial charge in [0.1, 0.15) is 0 Å². The highest BCUT2D eigenvalue weighted by Crippen LogP contribution is 2.22. The van der Waals surface area contributed by atoms with Crippen LogP contribution in [0.25, 0.3) is 0 Å². The summed E-state index contributed by atoms with van der Waals surface area (Å²) in [4.78, 5) is 12.1. The van der Waals surface area contributed by atoms with Crippen molar-refractivity contribution in [2.45, 2.75) is 58.3 Å². The van der Waals surface area contributed by atoms with Gasteiger partial charge in [-0.05, 0) is 43.0 Å². The zero-order valence-corrected chi connectivity index (χ0v) is 13.2. The van der Waals surface area contributed by atoms with Crippen LogP contribution in [0.4, 0.5) is 5.69 Å². The summed E-state index contributed by atoms with van der Waals surface area (Å²) in [5, 5.41) is 6.41. The van der Waals surface area contributed by atoms with Crippen molar-refractivity contribution in [3.05, 3.63) is 29.3 Å². The Labute approximate surface area is 128 Å². The smallest absolute Gasteiger partial charge is 0.251 e. The van der Waals surface area contributed by atoms with E-state index < -0.39 is 0 Å². The highest BCUT2D eigenvalue weighted by molar-refractivity contribution is 5.94. The average molecular weight is 288 g/mol. The Hall–Kier alpha value is -1.51. The first-order chi connectivity index (χ1) is 10.3. The summed E-state index contributed by atoms with van der Waals surface area (Å²) in [6.45, 7) is 4.06. The molecule has 3 nitrogen and oxygen atoms in total. The third kappa shape index (κ3) is 5.07. The van der Waals surface area contributed by atoms with Crippen LogP contribution in [-0.2, 0) is 6.42 Å². The molecular weight excluding hydrogens is 260 g/mol. The summed E-state index contributed by atoms with van der Waals surface area (Å²) < 4.78 is 0. The molecule has 0 radical (unpaired) electrons. The SMILES string of the molecule is CCCCCCCCNC(=O)c1ccc2c(c1)CCCN2. The highest BCUT2D eigenvalue weighted by Gasteiger charge is 2.11. The molecule has 0 unspecified atom stereocenters. The molecule has 1 amide bonds. The third-order valence-corrected chi connectivity index (χ3v) is 4.12. The number of amides is 1. The number of benzene rings is 1. The van der Waals surface area contributed by atoms with Gasteiger partial charge in [0.15, 0.2) is 0 Å². The van der Waals surface area contributed by atoms with Gasteiger partial charge in [0.05, 0.1) is 0 Å². The van der Waals surface area contributed by atoms with Crippen LogP contribution in [0.15, 0.2) is 18.2 Å². The molecule has 2 N–H and O–H groups in total. The van der Waals surface area contributed by atoms with Gasteiger partial charge in [-0.3, -0.25) is 4.79 Å². The second-order valence-electron chi connectivity index (χ2n) is 5.93. The lowest BCUT2D eigenvalue weighted by atomic mass is 10.0. The third-order valence-electron chi connectivity index (χ3n) is 4.12. The predicted octanol–water partition coefficient (Wildman–Crippen LogP) is 4.14. The first kappa shape index (κ1) is 15.9. The van der Waals surface area contributed by atoms with Crippen LogP contribution >= 0.6 is 0 Å². The van der Waals surface area contributed by atoms with Crippen molar-refractivity contribution in [3.63, 3.8) is 0 Å². The summed E-state index contributed by atoms with van der Waals surface area (Å²) in [5.41, 5.74) is 3.26. The second kappa shape index (κ2) is 8.71. The maximum Gasteiger partial charge on any atom is 0.251 e. The Kier molecular flexibility index (Phi) is 6.58. The first-order valence-corrected chi connectivity index (χ1v) is 8.46. The van der Waals surface area contributed by atoms with Gasteiger partial charge in [0.25, 0.3) is 5.91 Å². The van der Waals surface area contributed by atoms with E-state index in [-0.39, 0.29) is 5.91 Å². The average Bonchev–Trinajstić information content (AvgIpc) is 2.53. The Morgan fingerprint density at radius 3 is 2.86 bits per heavy atom. The molecule has 1 aliphatic heterocycles. The zero-order valence-electron chi connectivity index (χ0n) is 13.2. The van der Waals surface area contributed by atoms with E-state index in [0.717, 1.165) is 37.9 Å². The van der Waals surface area contributed by atoms with E-state index in [9.17, 15) is 4.79 Å². The maximum atomic E-state index is 12.1. The van der Waals surface area contributed by atoms with Crippen molar-refractivity contribution in [2.75, 3.05) is 18.4 Å². The molecule has 0 aliphatic carbocycles. The molecule has 1 aliphatic rings. The van der Waals surface area contributed by atoms with E-state index in [1.54, 1.807) is 0 Å². The van der Waals surface area contributed by atoms with Crippen LogP contribution in [0.5, 0.6) is 0 Å². The lowest BCUT2D eigenvalue weighted by molar-refractivity contribution is 0.0953. The summed E-state index contributed by atoms with van der Waals surface area (Å²) in [5.74, 6) is 0.0666. The number of fused-ring (bicyclic) bond motifs is 1. The Balaban J connectivity index is 1.71. The fraction of sp³-hybridized carbons (Fsp3) is 0.611. The molecule has 0 aromatic heterocycles. The topological polar surface area (TPSA) is 41.1 Å². The predicted molar refractivity (Wildman–Crippen MR) is 89.0 cm³/mol. The molecule has 1 heterocycles. The lowest BCUT2D eigenvalue weighted by Gasteiger charge is -2.18. The van der Waals surface area contributed by atoms with Crippen molar-refractivity contribution in [3.8, 4) is 0 Å². The molecule has 0 atom stereocenters. The molecule has 2 rings (SSSR count). The molecule has 1 aromatic rings. The molecule has 0 saturated heterocycles. The van der Waals surface area contributed by atoms with E-state index >= 15 is 0 Å². The number of carbonyl (C=O) groups excluding carboxylic acids is 1. The van der Waals surface area contributed by atoms with Crippen molar-refractivity contribution in [1.29, 1.82) is 0 Å². The van der Waals surface area contributed by atoms with E-state index in [1.165, 1.54) is 43.4 Å². The second-order valence-corrected chi connectivity index (χ2v) is 5.93. The van der Waals surface area contributed by atoms with Crippen molar-refractivity contribution >= 4 is 11.6 Å². The Morgan fingerprint density at radius 1 is 1.19 bits per heavy atom. The van der Waals surface area contributed by atoms with Gasteiger partial charge in [-0.15, -0.1) is 0 Å². The molecule has 0 spiro atoms. The van der Waals surface area contributed by atoms with Gasteiger partial charge in [0, 0.05) is 24.3 Å². The van der Waals surface area contributed by atoms with E-state index in [4.69, 9.17) is 0 Å². The summed E-state index contributed by atoms with van der Waals surface area (Å²) >= 11 is 0. The van der Waals surface area contributed by atoms with Gasteiger partial charge in [-0.1, -0.05) is 39.0 Å². The minimum Gasteiger partial charge on any atom is -0.385 e. The fourth-order valence-electron chi connectivity index (χ4n) is 2.83. The van der Waals surface area contributed by atoms with Crippen LogP contribution in [0.3, 0.4) is 0 Å². The van der Waals surface area contributed by atoms with Gasteiger partial charge in [0.2, 0.25) is 0 Å². The van der Waals surface area contributed by atoms with E-state index in [2.05, 4.69) is 17.6 Å². The van der Waals surface area contributed by atoms with Gasteiger partial charge < -0.3 is 10.6 Å². The summed E-state index contributed by atoms with van der Waals surface area (Å²) in [6.07, 6.45) is 9.74. The number of aryl methyl sites for hydroxylation is 1. The number of carbonyl (C=O) groups is 1. The minimum atomic E-state index is 0.0666. The van der Waals surface area contributed by atoms with Gasteiger partial charge >= 0.3 is 0 Å². The van der Waals surface area contributed by atoms with Crippen molar-refractivity contribution in [2.24, 2.45) is 0 Å². The molecule has 0 saturated carbocycles. The standard InChI is InChI=1S/C18H28N2O/c1-2-3-4-5-6-7-12-20-18(21)16-10-11-17-15(14-16)9-8-13-19-17/h10-11,14,19H,2-9,12-13H2,1H3,(H,20,21). The molecule has 0 fully saturated rings. The van der Waals surface area contributed by atoms with Crippen molar-refractivity contribution in [1.82, 2.24) is 5.32 Å². The monoisotopic (exact) mass is 288 g/mol. The fourth-order valence-corrected chi connectivity index (χ4v) is 2.83.